The molecule has 0 amide bonds. The van der Waals surface area contributed by atoms with E-state index in [-0.39, 0.29) is 12.4 Å². The van der Waals surface area contributed by atoms with Crippen LogP contribution in [0.3, 0.4) is 0 Å². The van der Waals surface area contributed by atoms with Crippen LogP contribution < -0.4 is 23.9 Å². The van der Waals surface area contributed by atoms with E-state index in [0.717, 1.165) is 25.9 Å². The largest absolute Gasteiger partial charge is 1.00 e. The Morgan fingerprint density at radius 2 is 1.00 bits per heavy atom. The fraction of sp³-hybridized carbons (Fsp3) is 1.00. The maximum atomic E-state index is 5.28. The Labute approximate surface area is 63.4 Å². The van der Waals surface area contributed by atoms with Gasteiger partial charge in [0.1, 0.15) is 0 Å². The molecule has 0 aliphatic heterocycles. The molecule has 2 nitrogen and oxygen atoms in total. The van der Waals surface area contributed by atoms with Crippen LogP contribution in [0.2, 0.25) is 0 Å². The van der Waals surface area contributed by atoms with Crippen molar-refractivity contribution in [2.24, 2.45) is 11.5 Å². The Balaban J connectivity index is 0. The van der Waals surface area contributed by atoms with Crippen LogP contribution in [0.1, 0.15) is 25.7 Å². The van der Waals surface area contributed by atoms with Gasteiger partial charge in [0, 0.05) is 0 Å². The standard InChI is InChI=1S/C6H16N2.ClH/c7-5-3-1-2-4-6-8;/h1-8H2;1H/p-1. The molecule has 0 aliphatic rings. The van der Waals surface area contributed by atoms with E-state index < -0.39 is 0 Å². The summed E-state index contributed by atoms with van der Waals surface area (Å²) in [5, 5.41) is 0. The lowest BCUT2D eigenvalue weighted by atomic mass is 10.2. The van der Waals surface area contributed by atoms with Crippen molar-refractivity contribution in [1.29, 1.82) is 0 Å². The molecule has 0 saturated heterocycles. The van der Waals surface area contributed by atoms with Gasteiger partial charge in [0.2, 0.25) is 0 Å². The van der Waals surface area contributed by atoms with Crippen LogP contribution in [0.5, 0.6) is 0 Å². The van der Waals surface area contributed by atoms with Crippen LogP contribution in [-0.2, 0) is 0 Å². The molecule has 3 heteroatoms. The molecule has 0 bridgehead atoms. The molecule has 0 aromatic carbocycles. The van der Waals surface area contributed by atoms with Crippen molar-refractivity contribution in [3.63, 3.8) is 0 Å². The molecule has 0 spiro atoms. The lowest BCUT2D eigenvalue weighted by Gasteiger charge is -1.94. The fourth-order valence-corrected chi connectivity index (χ4v) is 0.642. The Morgan fingerprint density at radius 3 is 1.22 bits per heavy atom. The first-order valence-corrected chi connectivity index (χ1v) is 3.32. The van der Waals surface area contributed by atoms with Gasteiger partial charge in [-0.05, 0) is 25.9 Å². The second kappa shape index (κ2) is 11.1. The zero-order chi connectivity index (χ0) is 6.24. The molecule has 4 N–H and O–H groups in total. The Kier molecular flexibility index (Phi) is 14.7. The molecule has 0 saturated carbocycles. The minimum atomic E-state index is 0. The van der Waals surface area contributed by atoms with E-state index in [1.54, 1.807) is 0 Å². The van der Waals surface area contributed by atoms with E-state index in [0.29, 0.717) is 0 Å². The fourth-order valence-electron chi connectivity index (χ4n) is 0.642. The highest BCUT2D eigenvalue weighted by atomic mass is 35.5. The third kappa shape index (κ3) is 11.7. The van der Waals surface area contributed by atoms with E-state index in [1.165, 1.54) is 12.8 Å². The van der Waals surface area contributed by atoms with E-state index in [4.69, 9.17) is 11.5 Å². The molecule has 58 valence electrons. The van der Waals surface area contributed by atoms with Gasteiger partial charge in [0.05, 0.1) is 0 Å². The number of rotatable bonds is 5. The minimum Gasteiger partial charge on any atom is -1.00 e. The molecule has 0 aromatic heterocycles. The molecule has 0 radical (unpaired) electrons. The van der Waals surface area contributed by atoms with Gasteiger partial charge >= 0.3 is 0 Å². The summed E-state index contributed by atoms with van der Waals surface area (Å²) < 4.78 is 0. The van der Waals surface area contributed by atoms with Crippen LogP contribution >= 0.6 is 0 Å². The van der Waals surface area contributed by atoms with Crippen molar-refractivity contribution < 1.29 is 12.4 Å². The molecule has 0 heterocycles. The van der Waals surface area contributed by atoms with Crippen molar-refractivity contribution in [3.05, 3.63) is 0 Å². The number of hydrogen-bond donors (Lipinski definition) is 2. The van der Waals surface area contributed by atoms with Crippen molar-refractivity contribution in [2.75, 3.05) is 13.1 Å². The van der Waals surface area contributed by atoms with Gasteiger partial charge in [-0.3, -0.25) is 0 Å². The smallest absolute Gasteiger partial charge is 0.00773 e. The first-order valence-electron chi connectivity index (χ1n) is 3.32. The molecule has 0 rings (SSSR count). The lowest BCUT2D eigenvalue weighted by molar-refractivity contribution is -0.00000197. The number of nitrogens with two attached hydrogens (primary N) is 2. The van der Waals surface area contributed by atoms with E-state index >= 15 is 0 Å². The zero-order valence-corrected chi connectivity index (χ0v) is 6.53. The lowest BCUT2D eigenvalue weighted by Crippen LogP contribution is -3.00. The maximum Gasteiger partial charge on any atom is -0.00773 e. The predicted octanol–water partition coefficient (Wildman–Crippen LogP) is -2.53. The second-order valence-electron chi connectivity index (χ2n) is 1.99. The molecule has 9 heavy (non-hydrogen) atoms. The van der Waals surface area contributed by atoms with Crippen molar-refractivity contribution >= 4 is 0 Å². The highest BCUT2D eigenvalue weighted by Crippen LogP contribution is 1.95. The number of hydrogen-bond acceptors (Lipinski definition) is 2. The summed E-state index contributed by atoms with van der Waals surface area (Å²) in [5.74, 6) is 0. The summed E-state index contributed by atoms with van der Waals surface area (Å²) in [6, 6.07) is 0. The van der Waals surface area contributed by atoms with Crippen LogP contribution in [0.25, 0.3) is 0 Å². The van der Waals surface area contributed by atoms with Gasteiger partial charge in [-0.25, -0.2) is 0 Å². The van der Waals surface area contributed by atoms with E-state index in [2.05, 4.69) is 0 Å². The summed E-state index contributed by atoms with van der Waals surface area (Å²) in [6.45, 7) is 1.65. The maximum absolute atomic E-state index is 5.28. The van der Waals surface area contributed by atoms with Gasteiger partial charge in [0.15, 0.2) is 0 Å². The molecule has 0 aromatic rings. The van der Waals surface area contributed by atoms with Gasteiger partial charge in [-0.1, -0.05) is 12.8 Å². The van der Waals surface area contributed by atoms with Gasteiger partial charge in [-0.2, -0.15) is 0 Å². The van der Waals surface area contributed by atoms with Crippen molar-refractivity contribution in [1.82, 2.24) is 0 Å². The first kappa shape index (κ1) is 11.9. The van der Waals surface area contributed by atoms with Crippen molar-refractivity contribution in [2.45, 2.75) is 25.7 Å². The van der Waals surface area contributed by atoms with Gasteiger partial charge < -0.3 is 23.9 Å². The highest BCUT2D eigenvalue weighted by Gasteiger charge is 1.83. The molecule has 0 aliphatic carbocycles. The minimum absolute atomic E-state index is 0. The number of unbranched alkanes of at least 4 members (excludes halogenated alkanes) is 3. The Morgan fingerprint density at radius 1 is 0.667 bits per heavy atom. The van der Waals surface area contributed by atoms with E-state index in [1.807, 2.05) is 0 Å². The Hall–Kier alpha value is 0.210. The summed E-state index contributed by atoms with van der Waals surface area (Å²) in [7, 11) is 0. The average molecular weight is 152 g/mol. The Bertz CT molecular complexity index is 36.0. The molecular formula is C6H16ClN2-. The normalized spacial score (nSPS) is 8.67. The van der Waals surface area contributed by atoms with E-state index in [9.17, 15) is 0 Å². The topological polar surface area (TPSA) is 52.0 Å². The van der Waals surface area contributed by atoms with Crippen LogP contribution in [-0.4, -0.2) is 13.1 Å². The second-order valence-corrected chi connectivity index (χ2v) is 1.99. The third-order valence-electron chi connectivity index (χ3n) is 1.16. The third-order valence-corrected chi connectivity index (χ3v) is 1.16. The summed E-state index contributed by atoms with van der Waals surface area (Å²) in [4.78, 5) is 0. The average Bonchev–Trinajstić information content (AvgIpc) is 1.81. The molecule has 0 unspecified atom stereocenters. The SMILES string of the molecule is NCCCCCCN.[Cl-]. The number of halogens is 1. The molecule has 0 fully saturated rings. The monoisotopic (exact) mass is 151 g/mol. The van der Waals surface area contributed by atoms with Gasteiger partial charge in [-0.15, -0.1) is 0 Å². The quantitative estimate of drug-likeness (QED) is 0.426. The van der Waals surface area contributed by atoms with Gasteiger partial charge in [0.25, 0.3) is 0 Å². The van der Waals surface area contributed by atoms with Crippen LogP contribution in [0.15, 0.2) is 0 Å². The summed E-state index contributed by atoms with van der Waals surface area (Å²) in [5.41, 5.74) is 10.6. The molecule has 0 atom stereocenters. The summed E-state index contributed by atoms with van der Waals surface area (Å²) >= 11 is 0. The predicted molar refractivity (Wildman–Crippen MR) is 36.6 cm³/mol. The molecular weight excluding hydrogens is 136 g/mol. The zero-order valence-electron chi connectivity index (χ0n) is 5.78. The first-order chi connectivity index (χ1) is 3.91. The van der Waals surface area contributed by atoms with Crippen LogP contribution in [0, 0.1) is 0 Å². The van der Waals surface area contributed by atoms with Crippen molar-refractivity contribution in [3.8, 4) is 0 Å². The highest BCUT2D eigenvalue weighted by molar-refractivity contribution is 4.43. The van der Waals surface area contributed by atoms with Crippen LogP contribution in [0.4, 0.5) is 0 Å². The summed E-state index contributed by atoms with van der Waals surface area (Å²) in [6.07, 6.45) is 4.79.